The van der Waals surface area contributed by atoms with Gasteiger partial charge in [-0.25, -0.2) is 8.78 Å². The molecule has 0 aromatic heterocycles. The van der Waals surface area contributed by atoms with Crippen LogP contribution in [0.5, 0.6) is 0 Å². The van der Waals surface area contributed by atoms with Crippen molar-refractivity contribution in [1.82, 2.24) is 5.32 Å². The largest absolute Gasteiger partial charge is 0.381 e. The van der Waals surface area contributed by atoms with Crippen molar-refractivity contribution >= 4 is 21.8 Å². The Morgan fingerprint density at radius 3 is 2.63 bits per heavy atom. The van der Waals surface area contributed by atoms with Gasteiger partial charge in [0.15, 0.2) is 0 Å². The molecule has 1 N–H and O–H groups in total. The van der Waals surface area contributed by atoms with Gasteiger partial charge in [-0.1, -0.05) is 15.9 Å². The zero-order valence-electron chi connectivity index (χ0n) is 10.2. The lowest BCUT2D eigenvalue weighted by atomic mass is 9.92. The third-order valence-corrected chi connectivity index (χ3v) is 4.33. The molecule has 104 valence electrons. The molecule has 0 unspecified atom stereocenters. The molecule has 1 aliphatic rings. The van der Waals surface area contributed by atoms with Gasteiger partial charge in [-0.2, -0.15) is 0 Å². The SMILES string of the molecule is O=C(NC1(CBr)CCOCC1)c1ccc(F)cc1F. The normalized spacial score (nSPS) is 18.1. The maximum atomic E-state index is 13.5. The van der Waals surface area contributed by atoms with Gasteiger partial charge in [0.2, 0.25) is 0 Å². The zero-order chi connectivity index (χ0) is 13.9. The van der Waals surface area contributed by atoms with Crippen LogP contribution in [-0.4, -0.2) is 30.0 Å². The number of alkyl halides is 1. The number of benzene rings is 1. The Labute approximate surface area is 118 Å². The van der Waals surface area contributed by atoms with Crippen LogP contribution in [-0.2, 0) is 4.74 Å². The van der Waals surface area contributed by atoms with Crippen molar-refractivity contribution in [2.75, 3.05) is 18.5 Å². The molecule has 1 aromatic carbocycles. The lowest BCUT2D eigenvalue weighted by Crippen LogP contribution is -2.53. The second kappa shape index (κ2) is 5.96. The smallest absolute Gasteiger partial charge is 0.254 e. The quantitative estimate of drug-likeness (QED) is 0.863. The zero-order valence-corrected chi connectivity index (χ0v) is 11.8. The van der Waals surface area contributed by atoms with Crippen LogP contribution in [0.2, 0.25) is 0 Å². The Morgan fingerprint density at radius 1 is 1.37 bits per heavy atom. The van der Waals surface area contributed by atoms with E-state index in [1.807, 2.05) is 0 Å². The molecular weight excluding hydrogens is 320 g/mol. The molecule has 1 saturated heterocycles. The summed E-state index contributed by atoms with van der Waals surface area (Å²) < 4.78 is 31.6. The number of carbonyl (C=O) groups excluding carboxylic acids is 1. The van der Waals surface area contributed by atoms with Crippen LogP contribution in [0.3, 0.4) is 0 Å². The first-order valence-corrected chi connectivity index (χ1v) is 7.10. The number of hydrogen-bond donors (Lipinski definition) is 1. The van der Waals surface area contributed by atoms with E-state index in [0.29, 0.717) is 37.5 Å². The van der Waals surface area contributed by atoms with Crippen LogP contribution in [0.15, 0.2) is 18.2 Å². The van der Waals surface area contributed by atoms with Crippen molar-refractivity contribution in [2.24, 2.45) is 0 Å². The van der Waals surface area contributed by atoms with Crippen LogP contribution >= 0.6 is 15.9 Å². The van der Waals surface area contributed by atoms with Gasteiger partial charge in [-0.3, -0.25) is 4.79 Å². The van der Waals surface area contributed by atoms with E-state index < -0.39 is 23.1 Å². The van der Waals surface area contributed by atoms with Crippen molar-refractivity contribution in [1.29, 1.82) is 0 Å². The molecule has 0 atom stereocenters. The molecule has 0 aliphatic carbocycles. The Bertz CT molecular complexity index is 476. The minimum atomic E-state index is -0.853. The fourth-order valence-corrected chi connectivity index (χ4v) is 2.74. The van der Waals surface area contributed by atoms with Gasteiger partial charge in [0.05, 0.1) is 11.1 Å². The summed E-state index contributed by atoms with van der Waals surface area (Å²) in [6, 6.07) is 2.93. The second-order valence-corrected chi connectivity index (χ2v) is 5.17. The van der Waals surface area contributed by atoms with Crippen molar-refractivity contribution in [3.63, 3.8) is 0 Å². The van der Waals surface area contributed by atoms with Gasteiger partial charge in [0, 0.05) is 24.6 Å². The summed E-state index contributed by atoms with van der Waals surface area (Å²) in [5.74, 6) is -2.08. The molecule has 1 aliphatic heterocycles. The number of nitrogens with one attached hydrogen (secondary N) is 1. The molecule has 1 fully saturated rings. The maximum Gasteiger partial charge on any atom is 0.254 e. The topological polar surface area (TPSA) is 38.3 Å². The Morgan fingerprint density at radius 2 is 2.05 bits per heavy atom. The molecule has 6 heteroatoms. The number of hydrogen-bond acceptors (Lipinski definition) is 2. The van der Waals surface area contributed by atoms with Crippen LogP contribution < -0.4 is 5.32 Å². The summed E-state index contributed by atoms with van der Waals surface area (Å²) in [4.78, 5) is 12.1. The van der Waals surface area contributed by atoms with Gasteiger partial charge in [0.1, 0.15) is 11.6 Å². The lowest BCUT2D eigenvalue weighted by Gasteiger charge is -2.36. The summed E-state index contributed by atoms with van der Waals surface area (Å²) in [5.41, 5.74) is -0.580. The average Bonchev–Trinajstić information content (AvgIpc) is 2.39. The van der Waals surface area contributed by atoms with Gasteiger partial charge in [-0.15, -0.1) is 0 Å². The summed E-state index contributed by atoms with van der Waals surface area (Å²) >= 11 is 3.38. The monoisotopic (exact) mass is 333 g/mol. The van der Waals surface area contributed by atoms with Gasteiger partial charge >= 0.3 is 0 Å². The van der Waals surface area contributed by atoms with E-state index >= 15 is 0 Å². The molecule has 0 spiro atoms. The van der Waals surface area contributed by atoms with E-state index in [0.717, 1.165) is 12.1 Å². The molecule has 2 rings (SSSR count). The average molecular weight is 334 g/mol. The predicted octanol–water partition coefficient (Wildman–Crippen LogP) is 2.64. The van der Waals surface area contributed by atoms with E-state index in [9.17, 15) is 13.6 Å². The van der Waals surface area contributed by atoms with Crippen LogP contribution in [0.25, 0.3) is 0 Å². The molecule has 1 heterocycles. The number of carbonyl (C=O) groups is 1. The number of halogens is 3. The second-order valence-electron chi connectivity index (χ2n) is 4.60. The molecule has 1 aromatic rings. The summed E-state index contributed by atoms with van der Waals surface area (Å²) in [6.45, 7) is 1.11. The minimum absolute atomic E-state index is 0.145. The first-order valence-electron chi connectivity index (χ1n) is 5.98. The Balaban J connectivity index is 2.15. The highest BCUT2D eigenvalue weighted by molar-refractivity contribution is 9.09. The summed E-state index contributed by atoms with van der Waals surface area (Å²) in [7, 11) is 0. The number of rotatable bonds is 3. The highest BCUT2D eigenvalue weighted by atomic mass is 79.9. The Hall–Kier alpha value is -1.01. The van der Waals surface area contributed by atoms with E-state index in [1.165, 1.54) is 0 Å². The number of ether oxygens (including phenoxy) is 1. The third kappa shape index (κ3) is 3.30. The molecule has 0 radical (unpaired) electrons. The third-order valence-electron chi connectivity index (χ3n) is 3.26. The predicted molar refractivity (Wildman–Crippen MR) is 70.4 cm³/mol. The van der Waals surface area contributed by atoms with Gasteiger partial charge in [0.25, 0.3) is 5.91 Å². The van der Waals surface area contributed by atoms with E-state index in [-0.39, 0.29) is 5.56 Å². The molecule has 0 bridgehead atoms. The van der Waals surface area contributed by atoms with Crippen molar-refractivity contribution in [3.05, 3.63) is 35.4 Å². The van der Waals surface area contributed by atoms with E-state index in [4.69, 9.17) is 4.74 Å². The lowest BCUT2D eigenvalue weighted by molar-refractivity contribution is 0.0440. The van der Waals surface area contributed by atoms with Gasteiger partial charge < -0.3 is 10.1 Å². The fourth-order valence-electron chi connectivity index (χ4n) is 2.04. The highest BCUT2D eigenvalue weighted by Crippen LogP contribution is 2.24. The molecule has 0 saturated carbocycles. The fraction of sp³-hybridized carbons (Fsp3) is 0.462. The molecule has 3 nitrogen and oxygen atoms in total. The van der Waals surface area contributed by atoms with Crippen LogP contribution in [0, 0.1) is 11.6 Å². The first-order chi connectivity index (χ1) is 9.06. The molecular formula is C13H14BrF2NO2. The number of amides is 1. The van der Waals surface area contributed by atoms with Crippen LogP contribution in [0.4, 0.5) is 8.78 Å². The van der Waals surface area contributed by atoms with Gasteiger partial charge in [-0.05, 0) is 25.0 Å². The molecule has 19 heavy (non-hydrogen) atoms. The van der Waals surface area contributed by atoms with Crippen molar-refractivity contribution < 1.29 is 18.3 Å². The highest BCUT2D eigenvalue weighted by Gasteiger charge is 2.33. The first kappa shape index (κ1) is 14.4. The van der Waals surface area contributed by atoms with E-state index in [2.05, 4.69) is 21.2 Å². The summed E-state index contributed by atoms with van der Waals surface area (Å²) in [5, 5.41) is 3.40. The van der Waals surface area contributed by atoms with E-state index in [1.54, 1.807) is 0 Å². The summed E-state index contributed by atoms with van der Waals surface area (Å²) in [6.07, 6.45) is 1.32. The standard InChI is InChI=1S/C13H14BrF2NO2/c14-8-13(3-5-19-6-4-13)17-12(18)10-2-1-9(15)7-11(10)16/h1-2,7H,3-6,8H2,(H,17,18). The van der Waals surface area contributed by atoms with Crippen molar-refractivity contribution in [2.45, 2.75) is 18.4 Å². The van der Waals surface area contributed by atoms with Crippen LogP contribution in [0.1, 0.15) is 23.2 Å². The minimum Gasteiger partial charge on any atom is -0.381 e. The van der Waals surface area contributed by atoms with Crippen molar-refractivity contribution in [3.8, 4) is 0 Å². The Kier molecular flexibility index (Phi) is 4.52. The molecule has 1 amide bonds. The maximum absolute atomic E-state index is 13.5.